The van der Waals surface area contributed by atoms with E-state index in [1.54, 1.807) is 41.8 Å². The van der Waals surface area contributed by atoms with Gasteiger partial charge in [-0.2, -0.15) is 0 Å². The summed E-state index contributed by atoms with van der Waals surface area (Å²) in [6.45, 7) is 3.71. The Morgan fingerprint density at radius 3 is 2.37 bits per heavy atom. The Kier molecular flexibility index (Phi) is 6.38. The molecule has 6 rings (SSSR count). The van der Waals surface area contributed by atoms with E-state index in [2.05, 4.69) is 4.98 Å². The van der Waals surface area contributed by atoms with Crippen LogP contribution in [0.3, 0.4) is 0 Å². The first-order valence-electron chi connectivity index (χ1n) is 12.7. The zero-order valence-electron chi connectivity index (χ0n) is 23.0. The molecule has 1 atom stereocenters. The van der Waals surface area contributed by atoms with Crippen LogP contribution in [0.15, 0.2) is 60.3 Å². The number of imidazole rings is 1. The predicted octanol–water partition coefficient (Wildman–Crippen LogP) is 5.21. The van der Waals surface area contributed by atoms with Crippen molar-refractivity contribution in [3.8, 4) is 17.2 Å². The number of aliphatic hydroxyl groups is 1. The summed E-state index contributed by atoms with van der Waals surface area (Å²) in [6, 6.07) is 13.5. The van der Waals surface area contributed by atoms with Crippen molar-refractivity contribution < 1.29 is 28.9 Å². The average Bonchev–Trinajstić information content (AvgIpc) is 3.62. The van der Waals surface area contributed by atoms with Crippen molar-refractivity contribution in [3.05, 3.63) is 82.8 Å². The number of ketones is 1. The highest BCUT2D eigenvalue weighted by Crippen LogP contribution is 2.48. The molecule has 3 aromatic heterocycles. The van der Waals surface area contributed by atoms with Gasteiger partial charge in [0.05, 0.1) is 48.9 Å². The smallest absolute Gasteiger partial charge is 0.301 e. The van der Waals surface area contributed by atoms with Crippen LogP contribution in [-0.4, -0.2) is 52.5 Å². The number of methoxy groups -OCH3 is 3. The van der Waals surface area contributed by atoms with Gasteiger partial charge in [0.25, 0.3) is 5.78 Å². The Morgan fingerprint density at radius 2 is 1.68 bits per heavy atom. The van der Waals surface area contributed by atoms with Gasteiger partial charge in [0.15, 0.2) is 22.4 Å². The van der Waals surface area contributed by atoms with Crippen molar-refractivity contribution >= 4 is 49.8 Å². The van der Waals surface area contributed by atoms with E-state index in [4.69, 9.17) is 19.2 Å². The fraction of sp³-hybridized carbons (Fsp3) is 0.200. The Labute approximate surface area is 239 Å². The zero-order valence-corrected chi connectivity index (χ0v) is 23.8. The minimum absolute atomic E-state index is 0.103. The van der Waals surface area contributed by atoms with Gasteiger partial charge in [-0.25, -0.2) is 9.97 Å². The topological polar surface area (TPSA) is 115 Å². The first-order valence-corrected chi connectivity index (χ1v) is 13.5. The van der Waals surface area contributed by atoms with Crippen molar-refractivity contribution in [1.29, 1.82) is 0 Å². The summed E-state index contributed by atoms with van der Waals surface area (Å²) in [6.07, 6.45) is 1.74. The third-order valence-corrected chi connectivity index (χ3v) is 8.13. The molecule has 1 N–H and O–H groups in total. The zero-order chi connectivity index (χ0) is 29.0. The first kappa shape index (κ1) is 26.3. The fourth-order valence-corrected chi connectivity index (χ4v) is 6.34. The molecule has 0 spiro atoms. The summed E-state index contributed by atoms with van der Waals surface area (Å²) in [5.74, 6) is -0.993. The van der Waals surface area contributed by atoms with Crippen LogP contribution in [0.25, 0.3) is 21.6 Å². The number of benzene rings is 2. The molecular formula is C30H26N4O6S. The molecule has 1 unspecified atom stereocenters. The molecule has 1 aliphatic rings. The number of rotatable bonds is 6. The van der Waals surface area contributed by atoms with Gasteiger partial charge in [-0.3, -0.25) is 18.9 Å². The van der Waals surface area contributed by atoms with Crippen LogP contribution in [0, 0.1) is 13.8 Å². The second-order valence-corrected chi connectivity index (χ2v) is 10.6. The molecule has 11 heteroatoms. The summed E-state index contributed by atoms with van der Waals surface area (Å²) in [7, 11) is 4.45. The molecule has 1 saturated heterocycles. The lowest BCUT2D eigenvalue weighted by Crippen LogP contribution is -2.29. The minimum atomic E-state index is -1.06. The Bertz CT molecular complexity index is 1880. The van der Waals surface area contributed by atoms with Gasteiger partial charge in [0.1, 0.15) is 11.3 Å². The Balaban J connectivity index is 1.65. The number of thiazole rings is 1. The lowest BCUT2D eigenvalue weighted by Gasteiger charge is -2.24. The van der Waals surface area contributed by atoms with Crippen LogP contribution < -0.4 is 19.1 Å². The third kappa shape index (κ3) is 4.08. The maximum absolute atomic E-state index is 13.8. The number of hydrogen-bond acceptors (Lipinski definition) is 9. The summed E-state index contributed by atoms with van der Waals surface area (Å²) in [5.41, 5.74) is 3.50. The molecule has 0 bridgehead atoms. The number of carbonyl (C=O) groups is 2. The van der Waals surface area contributed by atoms with Crippen molar-refractivity contribution in [2.45, 2.75) is 19.9 Å². The quantitative estimate of drug-likeness (QED) is 0.168. The number of fused-ring (bicyclic) bond motifs is 2. The second kappa shape index (κ2) is 9.93. The SMILES string of the molecule is COc1cc(C2C(=C(O)c3c(C)nc4ccccn34)C(=O)C(=O)N2c2nc3ccc(C)cc3s2)cc(OC)c1OC. The minimum Gasteiger partial charge on any atom is -0.505 e. The number of aliphatic hydroxyl groups excluding tert-OH is 1. The van der Waals surface area contributed by atoms with E-state index in [-0.39, 0.29) is 11.3 Å². The third-order valence-electron chi connectivity index (χ3n) is 7.11. The van der Waals surface area contributed by atoms with E-state index in [1.807, 2.05) is 31.2 Å². The predicted molar refractivity (Wildman–Crippen MR) is 155 cm³/mol. The Morgan fingerprint density at radius 1 is 0.951 bits per heavy atom. The molecule has 1 fully saturated rings. The summed E-state index contributed by atoms with van der Waals surface area (Å²) in [4.78, 5) is 38.2. The van der Waals surface area contributed by atoms with Crippen molar-refractivity contribution in [2.24, 2.45) is 0 Å². The van der Waals surface area contributed by atoms with Crippen LogP contribution >= 0.6 is 11.3 Å². The van der Waals surface area contributed by atoms with E-state index < -0.39 is 17.7 Å². The van der Waals surface area contributed by atoms with Crippen molar-refractivity contribution in [3.63, 3.8) is 0 Å². The van der Waals surface area contributed by atoms with Crippen LogP contribution in [-0.2, 0) is 9.59 Å². The van der Waals surface area contributed by atoms with Gasteiger partial charge < -0.3 is 19.3 Å². The number of carbonyl (C=O) groups excluding carboxylic acids is 2. The fourth-order valence-electron chi connectivity index (χ4n) is 5.25. The first-order chi connectivity index (χ1) is 19.8. The Hall–Kier alpha value is -4.90. The number of Topliss-reactive ketones (excluding diaryl/α,β-unsaturated/α-hetero) is 1. The molecule has 4 heterocycles. The van der Waals surface area contributed by atoms with E-state index in [9.17, 15) is 14.7 Å². The molecule has 5 aromatic rings. The molecule has 1 amide bonds. The molecule has 0 radical (unpaired) electrons. The standard InChI is InChI=1S/C30H26N4O6S/c1-15-9-10-18-21(12-15)41-30(32-18)34-25(17-13-19(38-3)28(40-5)20(14-17)39-4)23(27(36)29(34)37)26(35)24-16(2)31-22-8-6-7-11-33(22)24/h6-14,25,35H,1-5H3. The van der Waals surface area contributed by atoms with Gasteiger partial charge in [-0.05, 0) is 61.4 Å². The van der Waals surface area contributed by atoms with Gasteiger partial charge in [0.2, 0.25) is 5.75 Å². The number of nitrogens with zero attached hydrogens (tertiary/aromatic N) is 4. The molecule has 208 valence electrons. The van der Waals surface area contributed by atoms with Crippen LogP contribution in [0.2, 0.25) is 0 Å². The van der Waals surface area contributed by atoms with Crippen molar-refractivity contribution in [2.75, 3.05) is 26.2 Å². The normalized spacial score (nSPS) is 16.6. The molecular weight excluding hydrogens is 544 g/mol. The van der Waals surface area contributed by atoms with E-state index in [0.29, 0.717) is 50.5 Å². The largest absolute Gasteiger partial charge is 0.505 e. The van der Waals surface area contributed by atoms with E-state index >= 15 is 0 Å². The van der Waals surface area contributed by atoms with Crippen LogP contribution in [0.1, 0.15) is 28.6 Å². The summed E-state index contributed by atoms with van der Waals surface area (Å²) >= 11 is 1.29. The molecule has 0 saturated carbocycles. The maximum atomic E-state index is 13.8. The number of aromatic nitrogens is 3. The number of pyridine rings is 1. The van der Waals surface area contributed by atoms with Gasteiger partial charge >= 0.3 is 5.91 Å². The summed E-state index contributed by atoms with van der Waals surface area (Å²) in [5, 5.41) is 12.1. The monoisotopic (exact) mass is 570 g/mol. The van der Waals surface area contributed by atoms with Crippen molar-refractivity contribution in [1.82, 2.24) is 14.4 Å². The second-order valence-electron chi connectivity index (χ2n) is 9.57. The highest BCUT2D eigenvalue weighted by molar-refractivity contribution is 7.22. The lowest BCUT2D eigenvalue weighted by molar-refractivity contribution is -0.132. The average molecular weight is 571 g/mol. The number of aryl methyl sites for hydroxylation is 2. The molecule has 0 aliphatic carbocycles. The van der Waals surface area contributed by atoms with Crippen LogP contribution in [0.4, 0.5) is 5.13 Å². The lowest BCUT2D eigenvalue weighted by atomic mass is 9.95. The van der Waals surface area contributed by atoms with Gasteiger partial charge in [-0.15, -0.1) is 0 Å². The highest BCUT2D eigenvalue weighted by atomic mass is 32.1. The molecule has 1 aliphatic heterocycles. The number of hydrogen-bond donors (Lipinski definition) is 1. The number of amides is 1. The van der Waals surface area contributed by atoms with Crippen LogP contribution in [0.5, 0.6) is 17.2 Å². The van der Waals surface area contributed by atoms with Gasteiger partial charge in [0, 0.05) is 6.20 Å². The molecule has 2 aromatic carbocycles. The van der Waals surface area contributed by atoms with Gasteiger partial charge in [-0.1, -0.05) is 23.5 Å². The van der Waals surface area contributed by atoms with E-state index in [0.717, 1.165) is 10.3 Å². The number of ether oxygens (including phenoxy) is 3. The molecule has 10 nitrogen and oxygen atoms in total. The number of anilines is 1. The van der Waals surface area contributed by atoms with E-state index in [1.165, 1.54) is 37.6 Å². The molecule has 41 heavy (non-hydrogen) atoms. The summed E-state index contributed by atoms with van der Waals surface area (Å²) < 4.78 is 19.2. The maximum Gasteiger partial charge on any atom is 0.301 e. The highest BCUT2D eigenvalue weighted by Gasteiger charge is 2.49.